The van der Waals surface area contributed by atoms with Gasteiger partial charge in [-0.05, 0) is 60.0 Å². The highest BCUT2D eigenvalue weighted by Gasteiger charge is 2.19. The number of thiazole rings is 1. The third-order valence-electron chi connectivity index (χ3n) is 4.92. The highest BCUT2D eigenvalue weighted by atomic mass is 32.1. The van der Waals surface area contributed by atoms with Gasteiger partial charge < -0.3 is 0 Å². The van der Waals surface area contributed by atoms with Gasteiger partial charge in [-0.3, -0.25) is 24.8 Å². The molecule has 4 rings (SSSR count). The summed E-state index contributed by atoms with van der Waals surface area (Å²) >= 11 is 1.47. The number of hydrogen-bond acceptors (Lipinski definition) is 6. The Labute approximate surface area is 188 Å². The Morgan fingerprint density at radius 3 is 2.66 bits per heavy atom. The largest absolute Gasteiger partial charge is 0.278 e. The number of nitro groups is 1. The average molecular weight is 445 g/mol. The lowest BCUT2D eigenvalue weighted by Gasteiger charge is -2.17. The van der Waals surface area contributed by atoms with Crippen molar-refractivity contribution < 1.29 is 9.72 Å². The Kier molecular flexibility index (Phi) is 6.32. The molecule has 0 unspecified atom stereocenters. The molecule has 0 aliphatic carbocycles. The molecular weight excluding hydrogens is 424 g/mol. The van der Waals surface area contributed by atoms with Gasteiger partial charge in [0.15, 0.2) is 5.13 Å². The van der Waals surface area contributed by atoms with Gasteiger partial charge in [-0.2, -0.15) is 0 Å². The lowest BCUT2D eigenvalue weighted by molar-refractivity contribution is -0.384. The van der Waals surface area contributed by atoms with E-state index in [9.17, 15) is 14.9 Å². The molecule has 0 fully saturated rings. The molecule has 7 nitrogen and oxygen atoms in total. The van der Waals surface area contributed by atoms with Gasteiger partial charge in [0.25, 0.3) is 11.6 Å². The second kappa shape index (κ2) is 9.49. The smallest absolute Gasteiger partial charge is 0.269 e. The lowest BCUT2D eigenvalue weighted by Crippen LogP contribution is -2.29. The van der Waals surface area contributed by atoms with Crippen LogP contribution in [0.15, 0.2) is 72.9 Å². The van der Waals surface area contributed by atoms with E-state index in [-0.39, 0.29) is 18.1 Å². The minimum absolute atomic E-state index is 0.00572. The second-order valence-electron chi connectivity index (χ2n) is 7.08. The van der Waals surface area contributed by atoms with Crippen LogP contribution in [0.3, 0.4) is 0 Å². The third-order valence-corrected chi connectivity index (χ3v) is 5.96. The number of nitro benzene ring substituents is 1. The molecule has 0 aliphatic rings. The number of non-ortho nitro benzene ring substituents is 1. The molecule has 0 radical (unpaired) electrons. The van der Waals surface area contributed by atoms with Gasteiger partial charge in [-0.15, -0.1) is 0 Å². The van der Waals surface area contributed by atoms with Gasteiger partial charge in [0.1, 0.15) is 0 Å². The van der Waals surface area contributed by atoms with E-state index in [2.05, 4.69) is 23.0 Å². The summed E-state index contributed by atoms with van der Waals surface area (Å²) in [5.74, 6) is -0.247. The maximum atomic E-state index is 13.2. The number of carbonyl (C=O) groups excluding carboxylic acids is 1. The topological polar surface area (TPSA) is 89.2 Å². The zero-order chi connectivity index (χ0) is 22.5. The number of aromatic nitrogens is 2. The fourth-order valence-corrected chi connectivity index (χ4v) is 4.18. The molecule has 1 amide bonds. The summed E-state index contributed by atoms with van der Waals surface area (Å²) in [5, 5.41) is 11.4. The number of nitrogens with zero attached hydrogens (tertiary/aromatic N) is 4. The molecule has 4 aromatic rings. The van der Waals surface area contributed by atoms with Crippen molar-refractivity contribution in [2.45, 2.75) is 19.9 Å². The number of rotatable bonds is 7. The quantitative estimate of drug-likeness (QED) is 0.216. The maximum absolute atomic E-state index is 13.2. The fourth-order valence-electron chi connectivity index (χ4n) is 3.15. The first-order valence-corrected chi connectivity index (χ1v) is 10.9. The van der Waals surface area contributed by atoms with Crippen molar-refractivity contribution in [3.8, 4) is 0 Å². The third kappa shape index (κ3) is 4.87. The molecule has 2 aromatic heterocycles. The van der Waals surface area contributed by atoms with Crippen molar-refractivity contribution in [1.82, 2.24) is 9.97 Å². The number of benzene rings is 2. The summed E-state index contributed by atoms with van der Waals surface area (Å²) in [6.45, 7) is 2.38. The lowest BCUT2D eigenvalue weighted by atomic mass is 10.2. The average Bonchev–Trinajstić information content (AvgIpc) is 3.24. The molecule has 0 aliphatic heterocycles. The molecule has 0 saturated carbocycles. The van der Waals surface area contributed by atoms with Crippen molar-refractivity contribution in [3.63, 3.8) is 0 Å². The van der Waals surface area contributed by atoms with E-state index >= 15 is 0 Å². The zero-order valence-electron chi connectivity index (χ0n) is 17.3. The first-order valence-electron chi connectivity index (χ1n) is 10.1. The first kappa shape index (κ1) is 21.3. The maximum Gasteiger partial charge on any atom is 0.269 e. The summed E-state index contributed by atoms with van der Waals surface area (Å²) in [5.41, 5.74) is 3.51. The summed E-state index contributed by atoms with van der Waals surface area (Å²) in [6, 6.07) is 17.7. The van der Waals surface area contributed by atoms with Crippen LogP contribution in [0.1, 0.15) is 23.7 Å². The van der Waals surface area contributed by atoms with Crippen molar-refractivity contribution in [2.75, 3.05) is 4.90 Å². The highest BCUT2D eigenvalue weighted by molar-refractivity contribution is 7.22. The monoisotopic (exact) mass is 444 g/mol. The van der Waals surface area contributed by atoms with E-state index in [0.29, 0.717) is 10.7 Å². The van der Waals surface area contributed by atoms with Crippen LogP contribution in [-0.4, -0.2) is 20.8 Å². The van der Waals surface area contributed by atoms with Crippen LogP contribution in [0.5, 0.6) is 0 Å². The molecule has 0 N–H and O–H groups in total. The molecular formula is C24H20N4O3S. The Balaban J connectivity index is 1.64. The standard InChI is InChI=1S/C24H20N4O3S/c1-2-17-8-12-21-22(15-17)32-24(26-21)27(16-19-5-3-4-14-25-19)23(29)13-9-18-6-10-20(11-7-18)28(30)31/h3-15H,2,16H2,1H3/b13-9+. The van der Waals surface area contributed by atoms with E-state index in [1.807, 2.05) is 30.3 Å². The predicted molar refractivity (Wildman–Crippen MR) is 127 cm³/mol. The molecule has 0 saturated heterocycles. The minimum atomic E-state index is -0.454. The number of pyridine rings is 1. The van der Waals surface area contributed by atoms with Gasteiger partial charge in [0.05, 0.1) is 27.4 Å². The van der Waals surface area contributed by atoms with Crippen molar-refractivity contribution in [3.05, 3.63) is 99.9 Å². The Morgan fingerprint density at radius 1 is 1.16 bits per heavy atom. The number of aryl methyl sites for hydroxylation is 1. The van der Waals surface area contributed by atoms with Gasteiger partial charge >= 0.3 is 0 Å². The first-order chi connectivity index (χ1) is 15.5. The number of amides is 1. The molecule has 0 atom stereocenters. The predicted octanol–water partition coefficient (Wildman–Crippen LogP) is 5.41. The molecule has 0 spiro atoms. The van der Waals surface area contributed by atoms with Crippen LogP contribution in [0.4, 0.5) is 10.8 Å². The van der Waals surface area contributed by atoms with Gasteiger partial charge in [-0.1, -0.05) is 30.4 Å². The molecule has 32 heavy (non-hydrogen) atoms. The number of hydrogen-bond donors (Lipinski definition) is 0. The SMILES string of the molecule is CCc1ccc2nc(N(Cc3ccccn3)C(=O)/C=C/c3ccc([N+](=O)[O-])cc3)sc2c1. The Bertz CT molecular complexity index is 1280. The van der Waals surface area contributed by atoms with Crippen molar-refractivity contribution in [2.24, 2.45) is 0 Å². The van der Waals surface area contributed by atoms with Crippen LogP contribution in [-0.2, 0) is 17.8 Å². The summed E-state index contributed by atoms with van der Waals surface area (Å²) in [4.78, 5) is 34.2. The number of carbonyl (C=O) groups is 1. The van der Waals surface area contributed by atoms with Crippen LogP contribution >= 0.6 is 11.3 Å². The minimum Gasteiger partial charge on any atom is -0.278 e. The van der Waals surface area contributed by atoms with Crippen molar-refractivity contribution in [1.29, 1.82) is 0 Å². The Morgan fingerprint density at radius 2 is 1.97 bits per heavy atom. The Hall–Kier alpha value is -3.91. The molecule has 2 heterocycles. The van der Waals surface area contributed by atoms with Crippen LogP contribution < -0.4 is 4.90 Å². The van der Waals surface area contributed by atoms with Crippen molar-refractivity contribution >= 4 is 44.4 Å². The normalized spacial score (nSPS) is 11.2. The summed E-state index contributed by atoms with van der Waals surface area (Å²) < 4.78 is 1.03. The molecule has 2 aromatic carbocycles. The van der Waals surface area contributed by atoms with Gasteiger partial charge in [-0.25, -0.2) is 4.98 Å². The van der Waals surface area contributed by atoms with Gasteiger partial charge in [0, 0.05) is 24.4 Å². The van der Waals surface area contributed by atoms with E-state index in [0.717, 1.165) is 22.3 Å². The van der Waals surface area contributed by atoms with E-state index < -0.39 is 4.92 Å². The zero-order valence-corrected chi connectivity index (χ0v) is 18.2. The highest BCUT2D eigenvalue weighted by Crippen LogP contribution is 2.31. The fraction of sp³-hybridized carbons (Fsp3) is 0.125. The number of fused-ring (bicyclic) bond motifs is 1. The molecule has 0 bridgehead atoms. The van der Waals surface area contributed by atoms with Crippen LogP contribution in [0.25, 0.3) is 16.3 Å². The molecule has 8 heteroatoms. The second-order valence-corrected chi connectivity index (χ2v) is 8.09. The van der Waals surface area contributed by atoms with E-state index in [1.165, 1.54) is 35.1 Å². The van der Waals surface area contributed by atoms with Crippen LogP contribution in [0, 0.1) is 10.1 Å². The molecule has 160 valence electrons. The summed E-state index contributed by atoms with van der Waals surface area (Å²) in [7, 11) is 0. The number of anilines is 1. The van der Waals surface area contributed by atoms with E-state index in [1.54, 1.807) is 29.3 Å². The van der Waals surface area contributed by atoms with E-state index in [4.69, 9.17) is 0 Å². The van der Waals surface area contributed by atoms with Crippen LogP contribution in [0.2, 0.25) is 0 Å². The summed E-state index contributed by atoms with van der Waals surface area (Å²) in [6.07, 6.45) is 5.71. The van der Waals surface area contributed by atoms with Gasteiger partial charge in [0.2, 0.25) is 0 Å².